The summed E-state index contributed by atoms with van der Waals surface area (Å²) in [6.07, 6.45) is 5.64. The van der Waals surface area contributed by atoms with Crippen molar-refractivity contribution in [2.45, 2.75) is 19.4 Å². The Bertz CT molecular complexity index is 885. The van der Waals surface area contributed by atoms with Gasteiger partial charge in [-0.05, 0) is 31.0 Å². The lowest BCUT2D eigenvalue weighted by Gasteiger charge is -2.18. The van der Waals surface area contributed by atoms with E-state index in [1.807, 2.05) is 42.5 Å². The molecule has 0 saturated heterocycles. The van der Waals surface area contributed by atoms with Crippen LogP contribution in [0.15, 0.2) is 61.1 Å². The average Bonchev–Trinajstić information content (AvgIpc) is 2.69. The number of methoxy groups -OCH3 is 1. The van der Waals surface area contributed by atoms with Gasteiger partial charge < -0.3 is 10.1 Å². The lowest BCUT2D eigenvalue weighted by molar-refractivity contribution is 0.0895. The largest absolute Gasteiger partial charge is 0.383 e. The summed E-state index contributed by atoms with van der Waals surface area (Å²) in [5.74, 6) is 0.345. The normalized spacial score (nSPS) is 11.8. The Kier molecular flexibility index (Phi) is 6.22. The van der Waals surface area contributed by atoms with Gasteiger partial charge in [-0.15, -0.1) is 0 Å². The summed E-state index contributed by atoms with van der Waals surface area (Å²) in [4.78, 5) is 25.6. The number of benzene rings is 1. The molecule has 0 fully saturated rings. The van der Waals surface area contributed by atoms with Gasteiger partial charge in [-0.25, -0.2) is 9.97 Å². The molecule has 1 atom stereocenters. The summed E-state index contributed by atoms with van der Waals surface area (Å²) in [5.41, 5.74) is 3.03. The summed E-state index contributed by atoms with van der Waals surface area (Å²) in [5, 5.41) is 3.03. The Balaban J connectivity index is 1.74. The van der Waals surface area contributed by atoms with Gasteiger partial charge in [0.05, 0.1) is 23.9 Å². The number of carbonyl (C=O) groups is 1. The molecule has 3 rings (SSSR count). The quantitative estimate of drug-likeness (QED) is 0.699. The van der Waals surface area contributed by atoms with E-state index >= 15 is 0 Å². The molecule has 0 saturated carbocycles. The number of rotatable bonds is 7. The Morgan fingerprint density at radius 2 is 1.96 bits per heavy atom. The second-order valence-electron chi connectivity index (χ2n) is 6.25. The van der Waals surface area contributed by atoms with Crippen LogP contribution in [0.5, 0.6) is 0 Å². The third kappa shape index (κ3) is 4.95. The molecule has 1 amide bonds. The molecule has 0 aliphatic rings. The van der Waals surface area contributed by atoms with Gasteiger partial charge in [0.15, 0.2) is 5.82 Å². The standard InChI is InChI=1S/C21H22N4O2/c1-15-19(13-23-20(24-15)17-9-6-10-22-12-17)21(26)25-18(14-27-2)11-16-7-4-3-5-8-16/h3-10,12-13,18H,11,14H2,1-2H3,(H,25,26)/t18-/m0/s1. The minimum Gasteiger partial charge on any atom is -0.383 e. The molecule has 0 bridgehead atoms. The number of pyridine rings is 1. The molecule has 2 heterocycles. The zero-order valence-electron chi connectivity index (χ0n) is 15.4. The van der Waals surface area contributed by atoms with Gasteiger partial charge in [0.25, 0.3) is 5.91 Å². The smallest absolute Gasteiger partial charge is 0.255 e. The maximum Gasteiger partial charge on any atom is 0.255 e. The molecular weight excluding hydrogens is 340 g/mol. The van der Waals surface area contributed by atoms with Crippen molar-refractivity contribution in [3.8, 4) is 11.4 Å². The van der Waals surface area contributed by atoms with E-state index in [1.165, 1.54) is 0 Å². The van der Waals surface area contributed by atoms with Crippen molar-refractivity contribution in [1.82, 2.24) is 20.3 Å². The highest BCUT2D eigenvalue weighted by molar-refractivity contribution is 5.95. The third-order valence-corrected chi connectivity index (χ3v) is 4.17. The number of nitrogens with one attached hydrogen (secondary N) is 1. The van der Waals surface area contributed by atoms with E-state index in [2.05, 4.69) is 20.3 Å². The predicted octanol–water partition coefficient (Wildman–Crippen LogP) is 2.83. The van der Waals surface area contributed by atoms with E-state index in [0.717, 1.165) is 11.1 Å². The van der Waals surface area contributed by atoms with Crippen LogP contribution in [0.1, 0.15) is 21.6 Å². The topological polar surface area (TPSA) is 77.0 Å². The Labute approximate surface area is 158 Å². The van der Waals surface area contributed by atoms with Crippen LogP contribution in [-0.2, 0) is 11.2 Å². The van der Waals surface area contributed by atoms with E-state index in [-0.39, 0.29) is 11.9 Å². The van der Waals surface area contributed by atoms with Gasteiger partial charge in [0.2, 0.25) is 0 Å². The van der Waals surface area contributed by atoms with Crippen LogP contribution >= 0.6 is 0 Å². The van der Waals surface area contributed by atoms with Crippen LogP contribution in [-0.4, -0.2) is 40.6 Å². The number of hydrogen-bond acceptors (Lipinski definition) is 5. The first-order valence-electron chi connectivity index (χ1n) is 8.75. The summed E-state index contributed by atoms with van der Waals surface area (Å²) in [7, 11) is 1.63. The number of hydrogen-bond donors (Lipinski definition) is 1. The van der Waals surface area contributed by atoms with E-state index < -0.39 is 0 Å². The molecule has 1 aromatic carbocycles. The molecule has 2 aromatic heterocycles. The fourth-order valence-electron chi connectivity index (χ4n) is 2.84. The number of aromatic nitrogens is 3. The van der Waals surface area contributed by atoms with Crippen LogP contribution in [0.25, 0.3) is 11.4 Å². The van der Waals surface area contributed by atoms with Crippen molar-refractivity contribution in [1.29, 1.82) is 0 Å². The van der Waals surface area contributed by atoms with Crippen LogP contribution in [0.3, 0.4) is 0 Å². The van der Waals surface area contributed by atoms with Crippen molar-refractivity contribution >= 4 is 5.91 Å². The van der Waals surface area contributed by atoms with Gasteiger partial charge in [0.1, 0.15) is 0 Å². The molecule has 0 aliphatic heterocycles. The SMILES string of the molecule is COC[C@H](Cc1ccccc1)NC(=O)c1cnc(-c2cccnc2)nc1C. The third-order valence-electron chi connectivity index (χ3n) is 4.17. The number of aryl methyl sites for hydroxylation is 1. The first kappa shape index (κ1) is 18.7. The maximum absolute atomic E-state index is 12.7. The van der Waals surface area contributed by atoms with E-state index in [4.69, 9.17) is 4.74 Å². The highest BCUT2D eigenvalue weighted by Crippen LogP contribution is 2.15. The van der Waals surface area contributed by atoms with Crippen LogP contribution in [0, 0.1) is 6.92 Å². The first-order valence-corrected chi connectivity index (χ1v) is 8.75. The number of amides is 1. The molecule has 138 valence electrons. The molecule has 0 radical (unpaired) electrons. The Hall–Kier alpha value is -3.12. The first-order chi connectivity index (χ1) is 13.2. The second-order valence-corrected chi connectivity index (χ2v) is 6.25. The highest BCUT2D eigenvalue weighted by Gasteiger charge is 2.17. The van der Waals surface area contributed by atoms with Crippen LogP contribution < -0.4 is 5.32 Å². The predicted molar refractivity (Wildman–Crippen MR) is 103 cm³/mol. The fraction of sp³-hybridized carbons (Fsp3) is 0.238. The van der Waals surface area contributed by atoms with E-state index in [9.17, 15) is 4.79 Å². The van der Waals surface area contributed by atoms with Gasteiger partial charge in [-0.1, -0.05) is 30.3 Å². The molecule has 3 aromatic rings. The molecule has 27 heavy (non-hydrogen) atoms. The molecular formula is C21H22N4O2. The Morgan fingerprint density at radius 3 is 2.63 bits per heavy atom. The zero-order chi connectivity index (χ0) is 19.1. The summed E-state index contributed by atoms with van der Waals surface area (Å²) >= 11 is 0. The second kappa shape index (κ2) is 9.00. The summed E-state index contributed by atoms with van der Waals surface area (Å²) in [6.45, 7) is 2.23. The Morgan fingerprint density at radius 1 is 1.15 bits per heavy atom. The summed E-state index contributed by atoms with van der Waals surface area (Å²) < 4.78 is 5.27. The van der Waals surface area contributed by atoms with Gasteiger partial charge >= 0.3 is 0 Å². The molecule has 0 unspecified atom stereocenters. The molecule has 6 nitrogen and oxygen atoms in total. The van der Waals surface area contributed by atoms with Crippen molar-refractivity contribution in [3.63, 3.8) is 0 Å². The van der Waals surface area contributed by atoms with E-state index in [0.29, 0.717) is 30.1 Å². The number of nitrogens with zero attached hydrogens (tertiary/aromatic N) is 3. The van der Waals surface area contributed by atoms with Gasteiger partial charge in [0, 0.05) is 31.3 Å². The van der Waals surface area contributed by atoms with Crippen molar-refractivity contribution in [3.05, 3.63) is 77.9 Å². The van der Waals surface area contributed by atoms with Crippen molar-refractivity contribution in [2.75, 3.05) is 13.7 Å². The summed E-state index contributed by atoms with van der Waals surface area (Å²) in [6, 6.07) is 13.6. The zero-order valence-corrected chi connectivity index (χ0v) is 15.4. The highest BCUT2D eigenvalue weighted by atomic mass is 16.5. The van der Waals surface area contributed by atoms with Crippen molar-refractivity contribution in [2.24, 2.45) is 0 Å². The maximum atomic E-state index is 12.7. The van der Waals surface area contributed by atoms with E-state index in [1.54, 1.807) is 32.6 Å². The molecule has 6 heteroatoms. The van der Waals surface area contributed by atoms with Gasteiger partial charge in [-0.2, -0.15) is 0 Å². The lowest BCUT2D eigenvalue weighted by atomic mass is 10.1. The minimum atomic E-state index is -0.205. The van der Waals surface area contributed by atoms with Gasteiger partial charge in [-0.3, -0.25) is 9.78 Å². The molecule has 0 aliphatic carbocycles. The number of carbonyl (C=O) groups excluding carboxylic acids is 1. The molecule has 0 spiro atoms. The molecule has 1 N–H and O–H groups in total. The van der Waals surface area contributed by atoms with Crippen LogP contribution in [0.4, 0.5) is 0 Å². The average molecular weight is 362 g/mol. The lowest BCUT2D eigenvalue weighted by Crippen LogP contribution is -2.40. The monoisotopic (exact) mass is 362 g/mol. The van der Waals surface area contributed by atoms with Crippen molar-refractivity contribution < 1.29 is 9.53 Å². The number of ether oxygens (including phenoxy) is 1. The minimum absolute atomic E-state index is 0.137. The fourth-order valence-corrected chi connectivity index (χ4v) is 2.84. The van der Waals surface area contributed by atoms with Crippen LogP contribution in [0.2, 0.25) is 0 Å².